The third-order valence-corrected chi connectivity index (χ3v) is 4.14. The smallest absolute Gasteiger partial charge is 0.138 e. The molecule has 0 radical (unpaired) electrons. The van der Waals surface area contributed by atoms with E-state index in [0.717, 1.165) is 25.7 Å². The summed E-state index contributed by atoms with van der Waals surface area (Å²) in [5.74, 6) is 0.535. The summed E-state index contributed by atoms with van der Waals surface area (Å²) in [6.45, 7) is 4.45. The average molecular weight is 224 g/mol. The van der Waals surface area contributed by atoms with Gasteiger partial charge in [0.1, 0.15) is 5.78 Å². The second-order valence-corrected chi connectivity index (χ2v) is 5.71. The van der Waals surface area contributed by atoms with Crippen LogP contribution in [-0.2, 0) is 4.79 Å². The zero-order chi connectivity index (χ0) is 11.9. The first-order valence-corrected chi connectivity index (χ1v) is 7.22. The molecule has 1 fully saturated rings. The zero-order valence-electron chi connectivity index (χ0n) is 11.2. The molecule has 0 saturated heterocycles. The molecule has 1 unspecified atom stereocenters. The zero-order valence-corrected chi connectivity index (χ0v) is 11.2. The lowest BCUT2D eigenvalue weighted by Crippen LogP contribution is -2.30. The number of ketones is 1. The molecular weight excluding hydrogens is 196 g/mol. The van der Waals surface area contributed by atoms with Crippen molar-refractivity contribution < 1.29 is 4.79 Å². The number of hydrogen-bond acceptors (Lipinski definition) is 1. The molecule has 0 aromatic heterocycles. The Bertz CT molecular complexity index is 209. The molecule has 1 saturated carbocycles. The summed E-state index contributed by atoms with van der Waals surface area (Å²) in [4.78, 5) is 11.9. The van der Waals surface area contributed by atoms with E-state index in [1.54, 1.807) is 0 Å². The molecule has 0 aliphatic heterocycles. The second-order valence-electron chi connectivity index (χ2n) is 5.71. The SMILES string of the molecule is CCCCCCCCC1(C)CCCCC1=O. The Morgan fingerprint density at radius 1 is 1.06 bits per heavy atom. The lowest BCUT2D eigenvalue weighted by molar-refractivity contribution is -0.130. The summed E-state index contributed by atoms with van der Waals surface area (Å²) in [6.07, 6.45) is 13.5. The molecule has 0 bridgehead atoms. The van der Waals surface area contributed by atoms with E-state index in [2.05, 4.69) is 13.8 Å². The molecule has 1 nitrogen and oxygen atoms in total. The van der Waals surface area contributed by atoms with E-state index in [0.29, 0.717) is 5.78 Å². The van der Waals surface area contributed by atoms with Gasteiger partial charge in [-0.25, -0.2) is 0 Å². The lowest BCUT2D eigenvalue weighted by atomic mass is 9.71. The van der Waals surface area contributed by atoms with Crippen LogP contribution in [0.25, 0.3) is 0 Å². The van der Waals surface area contributed by atoms with Crippen LogP contribution in [0.15, 0.2) is 0 Å². The van der Waals surface area contributed by atoms with Crippen LogP contribution in [0.4, 0.5) is 0 Å². The quantitative estimate of drug-likeness (QED) is 0.563. The summed E-state index contributed by atoms with van der Waals surface area (Å²) >= 11 is 0. The van der Waals surface area contributed by atoms with Crippen LogP contribution in [0.3, 0.4) is 0 Å². The molecule has 0 heterocycles. The van der Waals surface area contributed by atoms with Crippen LogP contribution in [0.1, 0.15) is 84.5 Å². The van der Waals surface area contributed by atoms with Gasteiger partial charge in [-0.2, -0.15) is 0 Å². The molecule has 1 rings (SSSR count). The van der Waals surface area contributed by atoms with Crippen molar-refractivity contribution in [2.24, 2.45) is 5.41 Å². The Hall–Kier alpha value is -0.330. The first kappa shape index (κ1) is 13.7. The van der Waals surface area contributed by atoms with Crippen molar-refractivity contribution in [3.05, 3.63) is 0 Å². The molecule has 1 aliphatic carbocycles. The number of carbonyl (C=O) groups is 1. The van der Waals surface area contributed by atoms with Crippen molar-refractivity contribution in [2.45, 2.75) is 84.5 Å². The highest BCUT2D eigenvalue weighted by Gasteiger charge is 2.33. The molecule has 0 spiro atoms. The first-order valence-electron chi connectivity index (χ1n) is 7.22. The monoisotopic (exact) mass is 224 g/mol. The van der Waals surface area contributed by atoms with E-state index in [1.807, 2.05) is 0 Å². The minimum Gasteiger partial charge on any atom is -0.299 e. The van der Waals surface area contributed by atoms with Gasteiger partial charge in [0.05, 0.1) is 0 Å². The molecule has 94 valence electrons. The van der Waals surface area contributed by atoms with Crippen LogP contribution in [0.2, 0.25) is 0 Å². The second kappa shape index (κ2) is 7.09. The summed E-state index contributed by atoms with van der Waals surface area (Å²) in [6, 6.07) is 0. The summed E-state index contributed by atoms with van der Waals surface area (Å²) in [7, 11) is 0. The minimum atomic E-state index is 0.0446. The first-order chi connectivity index (χ1) is 7.69. The molecule has 0 amide bonds. The van der Waals surface area contributed by atoms with E-state index in [-0.39, 0.29) is 5.41 Å². The van der Waals surface area contributed by atoms with Gasteiger partial charge in [-0.15, -0.1) is 0 Å². The van der Waals surface area contributed by atoms with E-state index in [4.69, 9.17) is 0 Å². The molecule has 1 aliphatic rings. The van der Waals surface area contributed by atoms with Crippen molar-refractivity contribution >= 4 is 5.78 Å². The third kappa shape index (κ3) is 4.27. The van der Waals surface area contributed by atoms with Crippen LogP contribution in [0.5, 0.6) is 0 Å². The van der Waals surface area contributed by atoms with E-state index in [1.165, 1.54) is 44.9 Å². The Labute approximate surface area is 101 Å². The van der Waals surface area contributed by atoms with Gasteiger partial charge in [0, 0.05) is 11.8 Å². The molecule has 16 heavy (non-hydrogen) atoms. The van der Waals surface area contributed by atoms with E-state index in [9.17, 15) is 4.79 Å². The molecule has 0 aromatic rings. The van der Waals surface area contributed by atoms with Gasteiger partial charge in [-0.05, 0) is 19.3 Å². The molecule has 1 heteroatoms. The van der Waals surface area contributed by atoms with Gasteiger partial charge in [0.25, 0.3) is 0 Å². The maximum absolute atomic E-state index is 11.9. The summed E-state index contributed by atoms with van der Waals surface area (Å²) in [5, 5.41) is 0. The van der Waals surface area contributed by atoms with Gasteiger partial charge in [-0.1, -0.05) is 58.8 Å². The summed E-state index contributed by atoms with van der Waals surface area (Å²) in [5.41, 5.74) is 0.0446. The predicted octanol–water partition coefficient (Wildman–Crippen LogP) is 4.89. The lowest BCUT2D eigenvalue weighted by Gasteiger charge is -2.32. The maximum Gasteiger partial charge on any atom is 0.138 e. The normalized spacial score (nSPS) is 26.0. The number of Topliss-reactive ketones (excluding diaryl/α,β-unsaturated/α-hetero) is 1. The predicted molar refractivity (Wildman–Crippen MR) is 69.6 cm³/mol. The number of carbonyl (C=O) groups excluding carboxylic acids is 1. The van der Waals surface area contributed by atoms with Crippen LogP contribution in [0, 0.1) is 5.41 Å². The Morgan fingerprint density at radius 3 is 2.44 bits per heavy atom. The Kier molecular flexibility index (Phi) is 6.08. The molecule has 0 aromatic carbocycles. The Morgan fingerprint density at radius 2 is 1.75 bits per heavy atom. The average Bonchev–Trinajstić information content (AvgIpc) is 2.28. The maximum atomic E-state index is 11.9. The Balaban J connectivity index is 2.13. The number of unbranched alkanes of at least 4 members (excludes halogenated alkanes) is 5. The third-order valence-electron chi connectivity index (χ3n) is 4.14. The van der Waals surface area contributed by atoms with Gasteiger partial charge in [0.2, 0.25) is 0 Å². The summed E-state index contributed by atoms with van der Waals surface area (Å²) < 4.78 is 0. The van der Waals surface area contributed by atoms with Gasteiger partial charge in [0.15, 0.2) is 0 Å². The number of hydrogen-bond donors (Lipinski definition) is 0. The molecular formula is C15H28O. The van der Waals surface area contributed by atoms with Crippen LogP contribution in [-0.4, -0.2) is 5.78 Å². The van der Waals surface area contributed by atoms with Gasteiger partial charge < -0.3 is 0 Å². The largest absolute Gasteiger partial charge is 0.299 e. The fourth-order valence-electron chi connectivity index (χ4n) is 2.80. The van der Waals surface area contributed by atoms with Crippen LogP contribution < -0.4 is 0 Å². The van der Waals surface area contributed by atoms with Crippen molar-refractivity contribution in [3.63, 3.8) is 0 Å². The van der Waals surface area contributed by atoms with Crippen molar-refractivity contribution in [1.82, 2.24) is 0 Å². The molecule has 0 N–H and O–H groups in total. The van der Waals surface area contributed by atoms with Crippen molar-refractivity contribution in [3.8, 4) is 0 Å². The van der Waals surface area contributed by atoms with Gasteiger partial charge in [-0.3, -0.25) is 4.79 Å². The highest BCUT2D eigenvalue weighted by atomic mass is 16.1. The fourth-order valence-corrected chi connectivity index (χ4v) is 2.80. The molecule has 1 atom stereocenters. The van der Waals surface area contributed by atoms with Gasteiger partial charge >= 0.3 is 0 Å². The standard InChI is InChI=1S/C15H28O/c1-3-4-5-6-7-9-12-15(2)13-10-8-11-14(15)16/h3-13H2,1-2H3. The van der Waals surface area contributed by atoms with E-state index >= 15 is 0 Å². The topological polar surface area (TPSA) is 17.1 Å². The highest BCUT2D eigenvalue weighted by molar-refractivity contribution is 5.85. The minimum absolute atomic E-state index is 0.0446. The fraction of sp³-hybridized carbons (Fsp3) is 0.933. The van der Waals surface area contributed by atoms with Crippen LogP contribution >= 0.6 is 0 Å². The highest BCUT2D eigenvalue weighted by Crippen LogP contribution is 2.37. The van der Waals surface area contributed by atoms with Crippen molar-refractivity contribution in [2.75, 3.05) is 0 Å². The van der Waals surface area contributed by atoms with Crippen molar-refractivity contribution in [1.29, 1.82) is 0 Å². The van der Waals surface area contributed by atoms with E-state index < -0.39 is 0 Å². The number of rotatable bonds is 7.